The van der Waals surface area contributed by atoms with Crippen molar-refractivity contribution in [2.45, 2.75) is 44.9 Å². The van der Waals surface area contributed by atoms with E-state index in [9.17, 15) is 18.0 Å². The topological polar surface area (TPSA) is 55.1 Å². The van der Waals surface area contributed by atoms with Crippen LogP contribution in [0.2, 0.25) is 0 Å². The van der Waals surface area contributed by atoms with Gasteiger partial charge in [-0.2, -0.15) is 13.2 Å². The quantitative estimate of drug-likeness (QED) is 0.760. The Morgan fingerprint density at radius 1 is 1.04 bits per heavy atom. The molecule has 0 radical (unpaired) electrons. The van der Waals surface area contributed by atoms with Gasteiger partial charge in [-0.05, 0) is 35.2 Å². The van der Waals surface area contributed by atoms with E-state index in [1.54, 1.807) is 0 Å². The molecule has 0 heterocycles. The van der Waals surface area contributed by atoms with E-state index in [1.165, 1.54) is 12.1 Å². The average Bonchev–Trinajstić information content (AvgIpc) is 2.64. The number of carbonyl (C=O) groups excluding carboxylic acids is 1. The van der Waals surface area contributed by atoms with Crippen LogP contribution in [0.1, 0.15) is 37.3 Å². The van der Waals surface area contributed by atoms with Crippen LogP contribution in [0.3, 0.4) is 0 Å². The Morgan fingerprint density at radius 3 is 2.08 bits per heavy atom. The number of carbonyl (C=O) groups is 1. The van der Waals surface area contributed by atoms with Crippen LogP contribution in [0.25, 0.3) is 11.1 Å². The van der Waals surface area contributed by atoms with Crippen LogP contribution < -0.4 is 11.1 Å². The smallest absolute Gasteiger partial charge is 0.351 e. The third-order valence-electron chi connectivity index (χ3n) is 4.17. The molecule has 0 bridgehead atoms. The lowest BCUT2D eigenvalue weighted by Crippen LogP contribution is -2.40. The molecule has 3 N–H and O–H groups in total. The molecule has 140 valence electrons. The summed E-state index contributed by atoms with van der Waals surface area (Å²) in [5.41, 5.74) is 7.57. The van der Waals surface area contributed by atoms with E-state index >= 15 is 0 Å². The Labute approximate surface area is 151 Å². The second kappa shape index (κ2) is 8.85. The lowest BCUT2D eigenvalue weighted by Gasteiger charge is -2.12. The number of halogens is 3. The molecule has 2 rings (SSSR count). The normalized spacial score (nSPS) is 12.7. The van der Waals surface area contributed by atoms with E-state index in [-0.39, 0.29) is 5.91 Å². The Morgan fingerprint density at radius 2 is 1.58 bits per heavy atom. The second-order valence-electron chi connectivity index (χ2n) is 6.24. The number of alkyl halides is 3. The van der Waals surface area contributed by atoms with Gasteiger partial charge in [-0.25, -0.2) is 0 Å². The molecular formula is C20H23F3N2O. The monoisotopic (exact) mass is 364 g/mol. The lowest BCUT2D eigenvalue weighted by molar-refractivity contribution is -0.137. The van der Waals surface area contributed by atoms with Crippen molar-refractivity contribution in [3.05, 3.63) is 59.7 Å². The Hall–Kier alpha value is -2.34. The van der Waals surface area contributed by atoms with Gasteiger partial charge in [0.15, 0.2) is 0 Å². The molecule has 26 heavy (non-hydrogen) atoms. The van der Waals surface area contributed by atoms with Gasteiger partial charge >= 0.3 is 6.18 Å². The molecule has 1 unspecified atom stereocenters. The molecule has 0 saturated heterocycles. The van der Waals surface area contributed by atoms with E-state index in [4.69, 9.17) is 5.73 Å². The summed E-state index contributed by atoms with van der Waals surface area (Å²) in [7, 11) is 0. The molecule has 2 aromatic carbocycles. The number of amides is 1. The van der Waals surface area contributed by atoms with E-state index in [0.717, 1.165) is 36.1 Å². The first-order valence-corrected chi connectivity index (χ1v) is 8.61. The van der Waals surface area contributed by atoms with E-state index < -0.39 is 17.8 Å². The SMILES string of the molecule is CCCCC(N)C(=O)NCc1ccc(-c2ccc(C(F)(F)F)cc2)cc1. The van der Waals surface area contributed by atoms with Crippen molar-refractivity contribution in [1.29, 1.82) is 0 Å². The standard InChI is InChI=1S/C20H23F3N2O/c1-2-3-4-18(24)19(26)25-13-14-5-7-15(8-6-14)16-9-11-17(12-10-16)20(21,22)23/h5-12,18H,2-4,13,24H2,1H3,(H,25,26). The maximum Gasteiger partial charge on any atom is 0.416 e. The van der Waals surface area contributed by atoms with Crippen molar-refractivity contribution in [2.75, 3.05) is 0 Å². The molecule has 1 amide bonds. The fraction of sp³-hybridized carbons (Fsp3) is 0.350. The maximum atomic E-state index is 12.6. The first kappa shape index (κ1) is 20.0. The number of unbranched alkanes of at least 4 members (excludes halogenated alkanes) is 1. The summed E-state index contributed by atoms with van der Waals surface area (Å²) < 4.78 is 37.8. The van der Waals surface area contributed by atoms with Gasteiger partial charge in [0.1, 0.15) is 0 Å². The Bertz CT molecular complexity index is 709. The van der Waals surface area contributed by atoms with Crippen LogP contribution in [-0.4, -0.2) is 11.9 Å². The number of nitrogens with two attached hydrogens (primary N) is 1. The minimum atomic E-state index is -4.33. The van der Waals surface area contributed by atoms with Crippen LogP contribution in [-0.2, 0) is 17.5 Å². The first-order valence-electron chi connectivity index (χ1n) is 8.61. The van der Waals surface area contributed by atoms with Crippen LogP contribution in [0.4, 0.5) is 13.2 Å². The van der Waals surface area contributed by atoms with Crippen molar-refractivity contribution in [3.63, 3.8) is 0 Å². The van der Waals surface area contributed by atoms with Crippen molar-refractivity contribution >= 4 is 5.91 Å². The zero-order chi connectivity index (χ0) is 19.2. The van der Waals surface area contributed by atoms with Gasteiger partial charge in [-0.1, -0.05) is 56.2 Å². The summed E-state index contributed by atoms with van der Waals surface area (Å²) in [6, 6.07) is 11.9. The first-order chi connectivity index (χ1) is 12.3. The third-order valence-corrected chi connectivity index (χ3v) is 4.17. The van der Waals surface area contributed by atoms with Gasteiger partial charge in [0.2, 0.25) is 5.91 Å². The predicted octanol–water partition coefficient (Wildman–Crippen LogP) is 4.51. The summed E-state index contributed by atoms with van der Waals surface area (Å²) >= 11 is 0. The summed E-state index contributed by atoms with van der Waals surface area (Å²) in [6.45, 7) is 2.41. The number of benzene rings is 2. The molecule has 0 aliphatic heterocycles. The molecule has 0 spiro atoms. The van der Waals surface area contributed by atoms with Crippen molar-refractivity contribution in [2.24, 2.45) is 5.73 Å². The molecule has 0 saturated carbocycles. The maximum absolute atomic E-state index is 12.6. The van der Waals surface area contributed by atoms with Crippen molar-refractivity contribution in [1.82, 2.24) is 5.32 Å². The summed E-state index contributed by atoms with van der Waals surface area (Å²) in [6.07, 6.45) is -1.77. The highest BCUT2D eigenvalue weighted by atomic mass is 19.4. The summed E-state index contributed by atoms with van der Waals surface area (Å²) in [4.78, 5) is 11.9. The second-order valence-corrected chi connectivity index (χ2v) is 6.24. The fourth-order valence-electron chi connectivity index (χ4n) is 2.54. The highest BCUT2D eigenvalue weighted by molar-refractivity contribution is 5.81. The fourth-order valence-corrected chi connectivity index (χ4v) is 2.54. The van der Waals surface area contributed by atoms with Gasteiger partial charge in [0.25, 0.3) is 0 Å². The van der Waals surface area contributed by atoms with Crippen LogP contribution in [0.5, 0.6) is 0 Å². The van der Waals surface area contributed by atoms with E-state index in [0.29, 0.717) is 18.5 Å². The van der Waals surface area contributed by atoms with Gasteiger partial charge in [-0.3, -0.25) is 4.79 Å². The number of nitrogens with one attached hydrogen (secondary N) is 1. The minimum Gasteiger partial charge on any atom is -0.351 e. The Kier molecular flexibility index (Phi) is 6.80. The molecule has 0 aliphatic carbocycles. The average molecular weight is 364 g/mol. The van der Waals surface area contributed by atoms with Gasteiger partial charge in [0.05, 0.1) is 11.6 Å². The highest BCUT2D eigenvalue weighted by Crippen LogP contribution is 2.31. The third kappa shape index (κ3) is 5.59. The number of hydrogen-bond acceptors (Lipinski definition) is 2. The van der Waals surface area contributed by atoms with Crippen LogP contribution >= 0.6 is 0 Å². The zero-order valence-corrected chi connectivity index (χ0v) is 14.6. The summed E-state index contributed by atoms with van der Waals surface area (Å²) in [5.74, 6) is -0.176. The van der Waals surface area contributed by atoms with E-state index in [2.05, 4.69) is 5.32 Å². The van der Waals surface area contributed by atoms with Gasteiger partial charge < -0.3 is 11.1 Å². The molecule has 0 fully saturated rings. The molecule has 0 aliphatic rings. The number of rotatable bonds is 7. The molecular weight excluding hydrogens is 341 g/mol. The molecule has 2 aromatic rings. The zero-order valence-electron chi connectivity index (χ0n) is 14.6. The van der Waals surface area contributed by atoms with Crippen LogP contribution in [0, 0.1) is 0 Å². The number of hydrogen-bond donors (Lipinski definition) is 2. The van der Waals surface area contributed by atoms with Gasteiger partial charge in [-0.15, -0.1) is 0 Å². The minimum absolute atomic E-state index is 0.176. The largest absolute Gasteiger partial charge is 0.416 e. The Balaban J connectivity index is 1.95. The lowest BCUT2D eigenvalue weighted by atomic mass is 10.0. The van der Waals surface area contributed by atoms with Crippen LogP contribution in [0.15, 0.2) is 48.5 Å². The predicted molar refractivity (Wildman–Crippen MR) is 96.2 cm³/mol. The van der Waals surface area contributed by atoms with E-state index in [1.807, 2.05) is 31.2 Å². The highest BCUT2D eigenvalue weighted by Gasteiger charge is 2.29. The van der Waals surface area contributed by atoms with Crippen molar-refractivity contribution < 1.29 is 18.0 Å². The molecule has 3 nitrogen and oxygen atoms in total. The molecule has 1 atom stereocenters. The molecule has 0 aromatic heterocycles. The summed E-state index contributed by atoms with van der Waals surface area (Å²) in [5, 5.41) is 2.80. The van der Waals surface area contributed by atoms with Crippen molar-refractivity contribution in [3.8, 4) is 11.1 Å². The van der Waals surface area contributed by atoms with Gasteiger partial charge in [0, 0.05) is 6.54 Å². The molecule has 6 heteroatoms.